The van der Waals surface area contributed by atoms with Crippen LogP contribution in [0.1, 0.15) is 20.3 Å². The van der Waals surface area contributed by atoms with Gasteiger partial charge in [-0.1, -0.05) is 13.8 Å². The Morgan fingerprint density at radius 3 is 2.75 bits per heavy atom. The second kappa shape index (κ2) is 7.62. The maximum Gasteiger partial charge on any atom is 0.145 e. The maximum absolute atomic E-state index is 11.3. The first-order chi connectivity index (χ1) is 5.72. The Hall–Kier alpha value is -0.0200. The third-order valence-electron chi connectivity index (χ3n) is 1.75. The van der Waals surface area contributed by atoms with Crippen LogP contribution in [0.25, 0.3) is 0 Å². The molecule has 0 aliphatic rings. The molecule has 0 spiro atoms. The monoisotopic (exact) mass is 190 g/mol. The Labute approximate surface area is 79.1 Å². The van der Waals surface area contributed by atoms with Crippen LogP contribution in [0.2, 0.25) is 0 Å². The molecule has 72 valence electrons. The van der Waals surface area contributed by atoms with E-state index in [-0.39, 0.29) is 5.92 Å². The van der Waals surface area contributed by atoms with Crippen LogP contribution in [0.15, 0.2) is 0 Å². The fourth-order valence-electron chi connectivity index (χ4n) is 0.801. The minimum atomic E-state index is 0.156. The van der Waals surface area contributed by atoms with Crippen molar-refractivity contribution in [2.24, 2.45) is 5.92 Å². The lowest BCUT2D eigenvalue weighted by Crippen LogP contribution is -2.15. The van der Waals surface area contributed by atoms with E-state index in [9.17, 15) is 4.79 Å². The van der Waals surface area contributed by atoms with Crippen molar-refractivity contribution in [1.29, 1.82) is 0 Å². The van der Waals surface area contributed by atoms with Crippen molar-refractivity contribution in [1.82, 2.24) is 0 Å². The van der Waals surface area contributed by atoms with Gasteiger partial charge in [0.1, 0.15) is 5.78 Å². The number of carbonyl (C=O) groups excluding carboxylic acids is 1. The van der Waals surface area contributed by atoms with Crippen molar-refractivity contribution in [2.75, 3.05) is 25.2 Å². The van der Waals surface area contributed by atoms with E-state index in [0.717, 1.165) is 12.2 Å². The van der Waals surface area contributed by atoms with Gasteiger partial charge in [-0.3, -0.25) is 4.79 Å². The number of carbonyl (C=O) groups is 1. The molecular weight excluding hydrogens is 172 g/mol. The lowest BCUT2D eigenvalue weighted by Gasteiger charge is -2.08. The SMILES string of the molecule is CCSCC(=O)C(C)CCOC. The molecule has 0 fully saturated rings. The molecule has 0 rings (SSSR count). The van der Waals surface area contributed by atoms with Gasteiger partial charge in [0.2, 0.25) is 0 Å². The maximum atomic E-state index is 11.3. The van der Waals surface area contributed by atoms with Gasteiger partial charge in [0.05, 0.1) is 5.75 Å². The molecule has 0 saturated carbocycles. The standard InChI is InChI=1S/C9H18O2S/c1-4-12-7-9(10)8(2)5-6-11-3/h8H,4-7H2,1-3H3. The lowest BCUT2D eigenvalue weighted by molar-refractivity contribution is -0.120. The molecule has 0 aromatic heterocycles. The molecule has 0 radical (unpaired) electrons. The van der Waals surface area contributed by atoms with Crippen LogP contribution < -0.4 is 0 Å². The summed E-state index contributed by atoms with van der Waals surface area (Å²) < 4.78 is 4.91. The third kappa shape index (κ3) is 5.61. The van der Waals surface area contributed by atoms with Crippen molar-refractivity contribution in [3.8, 4) is 0 Å². The van der Waals surface area contributed by atoms with Gasteiger partial charge >= 0.3 is 0 Å². The van der Waals surface area contributed by atoms with Gasteiger partial charge in [-0.05, 0) is 12.2 Å². The van der Waals surface area contributed by atoms with Gasteiger partial charge in [0, 0.05) is 19.6 Å². The molecule has 3 heteroatoms. The zero-order valence-electron chi connectivity index (χ0n) is 8.13. The Kier molecular flexibility index (Phi) is 7.61. The smallest absolute Gasteiger partial charge is 0.145 e. The van der Waals surface area contributed by atoms with E-state index in [1.807, 2.05) is 6.92 Å². The minimum absolute atomic E-state index is 0.156. The fourth-order valence-corrected chi connectivity index (χ4v) is 1.49. The number of rotatable bonds is 7. The Bertz CT molecular complexity index is 126. The molecule has 0 N–H and O–H groups in total. The van der Waals surface area contributed by atoms with E-state index >= 15 is 0 Å². The number of hydrogen-bond acceptors (Lipinski definition) is 3. The highest BCUT2D eigenvalue weighted by Gasteiger charge is 2.11. The second-order valence-electron chi connectivity index (χ2n) is 2.79. The van der Waals surface area contributed by atoms with Crippen LogP contribution in [-0.4, -0.2) is 31.0 Å². The van der Waals surface area contributed by atoms with Crippen LogP contribution in [0, 0.1) is 5.92 Å². The summed E-state index contributed by atoms with van der Waals surface area (Å²) in [5.41, 5.74) is 0. The number of Topliss-reactive ketones (excluding diaryl/α,β-unsaturated/α-hetero) is 1. The average Bonchev–Trinajstić information content (AvgIpc) is 2.10. The molecule has 0 aliphatic carbocycles. The minimum Gasteiger partial charge on any atom is -0.385 e. The van der Waals surface area contributed by atoms with Gasteiger partial charge in [0.25, 0.3) is 0 Å². The van der Waals surface area contributed by atoms with Gasteiger partial charge in [-0.15, -0.1) is 0 Å². The van der Waals surface area contributed by atoms with E-state index in [1.54, 1.807) is 18.9 Å². The molecule has 0 amide bonds. The highest BCUT2D eigenvalue weighted by atomic mass is 32.2. The Morgan fingerprint density at radius 1 is 1.58 bits per heavy atom. The van der Waals surface area contributed by atoms with Crippen LogP contribution in [0.4, 0.5) is 0 Å². The van der Waals surface area contributed by atoms with Gasteiger partial charge in [0.15, 0.2) is 0 Å². The zero-order chi connectivity index (χ0) is 9.40. The van der Waals surface area contributed by atoms with E-state index in [4.69, 9.17) is 4.74 Å². The number of methoxy groups -OCH3 is 1. The summed E-state index contributed by atoms with van der Waals surface area (Å²) in [5.74, 6) is 2.17. The van der Waals surface area contributed by atoms with E-state index in [2.05, 4.69) is 6.92 Å². The average molecular weight is 190 g/mol. The summed E-state index contributed by atoms with van der Waals surface area (Å²) in [4.78, 5) is 11.3. The highest BCUT2D eigenvalue weighted by molar-refractivity contribution is 7.99. The van der Waals surface area contributed by atoms with Gasteiger partial charge < -0.3 is 4.74 Å². The highest BCUT2D eigenvalue weighted by Crippen LogP contribution is 2.08. The predicted octanol–water partition coefficient (Wildman–Crippen LogP) is 1.98. The van der Waals surface area contributed by atoms with E-state index in [1.165, 1.54) is 0 Å². The quantitative estimate of drug-likeness (QED) is 0.614. The summed E-state index contributed by atoms with van der Waals surface area (Å²) in [6, 6.07) is 0. The molecule has 12 heavy (non-hydrogen) atoms. The third-order valence-corrected chi connectivity index (χ3v) is 2.65. The van der Waals surface area contributed by atoms with Crippen molar-refractivity contribution in [2.45, 2.75) is 20.3 Å². The van der Waals surface area contributed by atoms with Crippen molar-refractivity contribution in [3.05, 3.63) is 0 Å². The van der Waals surface area contributed by atoms with Gasteiger partial charge in [-0.2, -0.15) is 11.8 Å². The number of ether oxygens (including phenoxy) is 1. The summed E-state index contributed by atoms with van der Waals surface area (Å²) >= 11 is 1.69. The molecule has 2 nitrogen and oxygen atoms in total. The van der Waals surface area contributed by atoms with Crippen molar-refractivity contribution in [3.63, 3.8) is 0 Å². The van der Waals surface area contributed by atoms with Crippen LogP contribution in [0.3, 0.4) is 0 Å². The van der Waals surface area contributed by atoms with Gasteiger partial charge in [-0.25, -0.2) is 0 Å². The summed E-state index contributed by atoms with van der Waals surface area (Å²) in [6.45, 7) is 4.72. The molecule has 1 atom stereocenters. The summed E-state index contributed by atoms with van der Waals surface area (Å²) in [7, 11) is 1.66. The summed E-state index contributed by atoms with van der Waals surface area (Å²) in [6.07, 6.45) is 0.847. The predicted molar refractivity (Wildman–Crippen MR) is 53.7 cm³/mol. The lowest BCUT2D eigenvalue weighted by atomic mass is 10.1. The molecule has 0 aromatic carbocycles. The zero-order valence-corrected chi connectivity index (χ0v) is 8.95. The fraction of sp³-hybridized carbons (Fsp3) is 0.889. The van der Waals surface area contributed by atoms with E-state index < -0.39 is 0 Å². The first kappa shape index (κ1) is 12.0. The number of thioether (sulfide) groups is 1. The largest absolute Gasteiger partial charge is 0.385 e. The topological polar surface area (TPSA) is 26.3 Å². The second-order valence-corrected chi connectivity index (χ2v) is 4.06. The van der Waals surface area contributed by atoms with Crippen LogP contribution >= 0.6 is 11.8 Å². The number of hydrogen-bond donors (Lipinski definition) is 0. The molecule has 0 aliphatic heterocycles. The molecule has 0 bridgehead atoms. The molecular formula is C9H18O2S. The summed E-state index contributed by atoms with van der Waals surface area (Å²) in [5, 5.41) is 0. The molecule has 1 unspecified atom stereocenters. The van der Waals surface area contributed by atoms with Crippen LogP contribution in [-0.2, 0) is 9.53 Å². The first-order valence-electron chi connectivity index (χ1n) is 4.31. The molecule has 0 aromatic rings. The first-order valence-corrected chi connectivity index (χ1v) is 5.47. The normalized spacial score (nSPS) is 12.9. The molecule has 0 heterocycles. The molecule has 0 saturated heterocycles. The van der Waals surface area contributed by atoms with E-state index in [0.29, 0.717) is 18.1 Å². The Balaban J connectivity index is 3.47. The Morgan fingerprint density at radius 2 is 2.25 bits per heavy atom. The van der Waals surface area contributed by atoms with Crippen molar-refractivity contribution < 1.29 is 9.53 Å². The number of ketones is 1. The van der Waals surface area contributed by atoms with Crippen LogP contribution in [0.5, 0.6) is 0 Å². The van der Waals surface area contributed by atoms with Crippen molar-refractivity contribution >= 4 is 17.5 Å².